The Morgan fingerprint density at radius 1 is 1.25 bits per heavy atom. The predicted octanol–water partition coefficient (Wildman–Crippen LogP) is 4.49. The van der Waals surface area contributed by atoms with Crippen molar-refractivity contribution in [1.29, 1.82) is 0 Å². The fourth-order valence-electron chi connectivity index (χ4n) is 2.15. The highest BCUT2D eigenvalue weighted by molar-refractivity contribution is 9.11. The first kappa shape index (κ1) is 20.0. The minimum atomic E-state index is -0.655. The molecule has 0 saturated carbocycles. The van der Waals surface area contributed by atoms with E-state index in [9.17, 15) is 9.59 Å². The molecule has 2 heterocycles. The standard InChI is InChI=1S/C19H13Br2N3O4/c1-11-4-5-12(9-22-11)18(25)24-23-10-13-7-14(20)8-15(21)17(13)28-19(26)16-3-2-6-27-16/h2-10H,1H3,(H,24,25)/b23-10-. The van der Waals surface area contributed by atoms with E-state index in [1.165, 1.54) is 24.7 Å². The van der Waals surface area contributed by atoms with Crippen molar-refractivity contribution in [3.63, 3.8) is 0 Å². The van der Waals surface area contributed by atoms with E-state index >= 15 is 0 Å². The Morgan fingerprint density at radius 3 is 2.75 bits per heavy atom. The van der Waals surface area contributed by atoms with Crippen molar-refractivity contribution in [2.24, 2.45) is 5.10 Å². The van der Waals surface area contributed by atoms with Gasteiger partial charge in [0.2, 0.25) is 5.76 Å². The molecule has 0 atom stereocenters. The number of pyridine rings is 1. The monoisotopic (exact) mass is 505 g/mol. The van der Waals surface area contributed by atoms with Crippen molar-refractivity contribution in [1.82, 2.24) is 10.4 Å². The number of nitrogens with one attached hydrogen (secondary N) is 1. The van der Waals surface area contributed by atoms with Gasteiger partial charge in [-0.3, -0.25) is 9.78 Å². The Morgan fingerprint density at radius 2 is 2.07 bits per heavy atom. The van der Waals surface area contributed by atoms with Crippen LogP contribution in [0.4, 0.5) is 0 Å². The third-order valence-corrected chi connectivity index (χ3v) is 4.54. The lowest BCUT2D eigenvalue weighted by molar-refractivity contribution is 0.0699. The smallest absolute Gasteiger partial charge is 0.379 e. The first-order valence-electron chi connectivity index (χ1n) is 7.95. The van der Waals surface area contributed by atoms with Crippen LogP contribution in [-0.4, -0.2) is 23.1 Å². The maximum absolute atomic E-state index is 12.2. The number of carbonyl (C=O) groups is 2. The van der Waals surface area contributed by atoms with Gasteiger partial charge >= 0.3 is 5.97 Å². The van der Waals surface area contributed by atoms with Crippen LogP contribution in [0.15, 0.2) is 67.3 Å². The molecule has 1 aromatic carbocycles. The number of nitrogens with zero attached hydrogens (tertiary/aromatic N) is 2. The van der Waals surface area contributed by atoms with Gasteiger partial charge in [-0.25, -0.2) is 10.2 Å². The number of hydrogen-bond donors (Lipinski definition) is 1. The SMILES string of the molecule is Cc1ccc(C(=O)N/N=C\c2cc(Br)cc(Br)c2OC(=O)c2ccco2)cn1. The van der Waals surface area contributed by atoms with Gasteiger partial charge in [-0.2, -0.15) is 5.10 Å². The Labute approximate surface area is 177 Å². The molecule has 0 radical (unpaired) electrons. The largest absolute Gasteiger partial charge is 0.457 e. The van der Waals surface area contributed by atoms with Crippen molar-refractivity contribution in [3.05, 3.63) is 80.4 Å². The zero-order valence-electron chi connectivity index (χ0n) is 14.5. The maximum Gasteiger partial charge on any atom is 0.379 e. The van der Waals surface area contributed by atoms with E-state index in [0.717, 1.165) is 10.2 Å². The van der Waals surface area contributed by atoms with E-state index in [4.69, 9.17) is 9.15 Å². The first-order chi connectivity index (χ1) is 13.4. The second-order valence-corrected chi connectivity index (χ2v) is 7.33. The third-order valence-electron chi connectivity index (χ3n) is 3.50. The number of furan rings is 1. The number of esters is 1. The number of carbonyl (C=O) groups excluding carboxylic acids is 2. The second-order valence-electron chi connectivity index (χ2n) is 5.56. The number of ether oxygens (including phenoxy) is 1. The number of aryl methyl sites for hydroxylation is 1. The molecule has 0 fully saturated rings. The summed E-state index contributed by atoms with van der Waals surface area (Å²) in [5.74, 6) is -0.762. The molecule has 0 unspecified atom stereocenters. The number of hydrogen-bond acceptors (Lipinski definition) is 6. The van der Waals surface area contributed by atoms with Gasteiger partial charge in [0.05, 0.1) is 22.5 Å². The average molecular weight is 507 g/mol. The Hall–Kier alpha value is -2.78. The van der Waals surface area contributed by atoms with Crippen LogP contribution in [0.2, 0.25) is 0 Å². The fraction of sp³-hybridized carbons (Fsp3) is 0.0526. The van der Waals surface area contributed by atoms with E-state index in [-0.39, 0.29) is 11.5 Å². The molecular weight excluding hydrogens is 494 g/mol. The highest BCUT2D eigenvalue weighted by Gasteiger charge is 2.17. The van der Waals surface area contributed by atoms with E-state index in [2.05, 4.69) is 47.4 Å². The van der Waals surface area contributed by atoms with Gasteiger partial charge in [0.1, 0.15) is 0 Å². The lowest BCUT2D eigenvalue weighted by atomic mass is 10.2. The van der Waals surface area contributed by atoms with Crippen LogP contribution in [0.3, 0.4) is 0 Å². The van der Waals surface area contributed by atoms with Crippen LogP contribution in [0.1, 0.15) is 32.2 Å². The summed E-state index contributed by atoms with van der Waals surface area (Å²) < 4.78 is 11.7. The molecular formula is C19H13Br2N3O4. The zero-order valence-corrected chi connectivity index (χ0v) is 17.7. The number of amides is 1. The van der Waals surface area contributed by atoms with Gasteiger partial charge in [-0.1, -0.05) is 15.9 Å². The van der Waals surface area contributed by atoms with Crippen molar-refractivity contribution in [2.45, 2.75) is 6.92 Å². The zero-order chi connectivity index (χ0) is 20.1. The molecule has 142 valence electrons. The third kappa shape index (κ3) is 4.93. The molecule has 1 N–H and O–H groups in total. The molecule has 3 aromatic rings. The highest BCUT2D eigenvalue weighted by Crippen LogP contribution is 2.32. The number of aromatic nitrogens is 1. The number of hydrazone groups is 1. The van der Waals surface area contributed by atoms with E-state index in [1.807, 2.05) is 6.92 Å². The molecule has 0 aliphatic carbocycles. The molecule has 2 aromatic heterocycles. The van der Waals surface area contributed by atoms with Crippen LogP contribution in [0.25, 0.3) is 0 Å². The minimum absolute atomic E-state index is 0.0675. The van der Waals surface area contributed by atoms with Gasteiger partial charge in [0, 0.05) is 21.9 Å². The van der Waals surface area contributed by atoms with Crippen molar-refractivity contribution in [2.75, 3.05) is 0 Å². The predicted molar refractivity (Wildman–Crippen MR) is 110 cm³/mol. The molecule has 0 bridgehead atoms. The molecule has 0 aliphatic heterocycles. The van der Waals surface area contributed by atoms with Crippen LogP contribution in [0, 0.1) is 6.92 Å². The van der Waals surface area contributed by atoms with Gasteiger partial charge in [-0.15, -0.1) is 0 Å². The topological polar surface area (TPSA) is 93.8 Å². The summed E-state index contributed by atoms with van der Waals surface area (Å²) in [6.07, 6.45) is 4.22. The molecule has 7 nitrogen and oxygen atoms in total. The summed E-state index contributed by atoms with van der Waals surface area (Å²) in [5, 5.41) is 3.94. The molecule has 0 saturated heterocycles. The van der Waals surface area contributed by atoms with Gasteiger partial charge in [0.25, 0.3) is 5.91 Å². The Kier molecular flexibility index (Phi) is 6.37. The van der Waals surface area contributed by atoms with Crippen LogP contribution in [-0.2, 0) is 0 Å². The number of benzene rings is 1. The lowest BCUT2D eigenvalue weighted by Gasteiger charge is -2.09. The maximum atomic E-state index is 12.2. The van der Waals surface area contributed by atoms with Crippen molar-refractivity contribution in [3.8, 4) is 5.75 Å². The molecule has 1 amide bonds. The number of rotatable bonds is 5. The fourth-order valence-corrected chi connectivity index (χ4v) is 3.49. The van der Waals surface area contributed by atoms with Crippen molar-refractivity contribution < 1.29 is 18.7 Å². The molecule has 0 aliphatic rings. The number of halogens is 2. The molecule has 28 heavy (non-hydrogen) atoms. The average Bonchev–Trinajstić information content (AvgIpc) is 3.19. The van der Waals surface area contributed by atoms with Crippen molar-refractivity contribution >= 4 is 50.0 Å². The normalized spacial score (nSPS) is 10.8. The van der Waals surface area contributed by atoms with Crippen LogP contribution < -0.4 is 10.2 Å². The van der Waals surface area contributed by atoms with E-state index < -0.39 is 11.9 Å². The van der Waals surface area contributed by atoms with Crippen LogP contribution >= 0.6 is 31.9 Å². The second kappa shape index (κ2) is 8.94. The quantitative estimate of drug-likeness (QED) is 0.238. The summed E-state index contributed by atoms with van der Waals surface area (Å²) >= 11 is 6.73. The first-order valence-corrected chi connectivity index (χ1v) is 9.53. The van der Waals surface area contributed by atoms with E-state index in [0.29, 0.717) is 15.6 Å². The van der Waals surface area contributed by atoms with Crippen LogP contribution in [0.5, 0.6) is 5.75 Å². The van der Waals surface area contributed by atoms with E-state index in [1.54, 1.807) is 30.3 Å². The minimum Gasteiger partial charge on any atom is -0.457 e. The summed E-state index contributed by atoms with van der Waals surface area (Å²) in [4.78, 5) is 28.4. The van der Waals surface area contributed by atoms with Gasteiger partial charge in [-0.05, 0) is 59.3 Å². The summed E-state index contributed by atoms with van der Waals surface area (Å²) in [5.41, 5.74) is 4.06. The summed E-state index contributed by atoms with van der Waals surface area (Å²) in [6.45, 7) is 1.83. The highest BCUT2D eigenvalue weighted by atomic mass is 79.9. The van der Waals surface area contributed by atoms with Gasteiger partial charge in [0.15, 0.2) is 5.75 Å². The summed E-state index contributed by atoms with van der Waals surface area (Å²) in [6, 6.07) is 9.89. The van der Waals surface area contributed by atoms with Gasteiger partial charge < -0.3 is 9.15 Å². The molecule has 9 heteroatoms. The molecule has 3 rings (SSSR count). The Balaban J connectivity index is 1.78. The lowest BCUT2D eigenvalue weighted by Crippen LogP contribution is -2.18. The summed E-state index contributed by atoms with van der Waals surface area (Å²) in [7, 11) is 0. The molecule has 0 spiro atoms. The Bertz CT molecular complexity index is 1030.